The smallest absolute Gasteiger partial charge is 0.308 e. The zero-order valence-electron chi connectivity index (χ0n) is 15.4. The molecular formula is C21H20N2O4S. The van der Waals surface area contributed by atoms with Crippen molar-refractivity contribution < 1.29 is 17.8 Å². The van der Waals surface area contributed by atoms with Gasteiger partial charge in [0.05, 0.1) is 5.69 Å². The minimum Gasteiger partial charge on any atom is -0.308 e. The van der Waals surface area contributed by atoms with Crippen LogP contribution in [0.25, 0.3) is 11.1 Å². The first-order valence-corrected chi connectivity index (χ1v) is 10.0. The number of nitrogens with one attached hydrogen (secondary N) is 2. The van der Waals surface area contributed by atoms with Gasteiger partial charge in [-0.05, 0) is 49.7 Å². The molecule has 2 amide bonds. The maximum Gasteiger partial charge on any atom is 0.323 e. The minimum absolute atomic E-state index is 0.216. The first-order valence-electron chi connectivity index (χ1n) is 8.56. The summed E-state index contributed by atoms with van der Waals surface area (Å²) in [6.45, 7) is 3.74. The second kappa shape index (κ2) is 7.84. The molecule has 6 nitrogen and oxygen atoms in total. The molecule has 0 fully saturated rings. The highest BCUT2D eigenvalue weighted by molar-refractivity contribution is 7.86. The molecule has 0 aliphatic rings. The van der Waals surface area contributed by atoms with Gasteiger partial charge in [-0.25, -0.2) is 4.79 Å². The highest BCUT2D eigenvalue weighted by atomic mass is 32.2. The molecule has 28 heavy (non-hydrogen) atoms. The van der Waals surface area contributed by atoms with Gasteiger partial charge in [0.2, 0.25) is 0 Å². The van der Waals surface area contributed by atoms with Crippen molar-refractivity contribution in [1.29, 1.82) is 0 Å². The van der Waals surface area contributed by atoms with E-state index in [0.29, 0.717) is 22.5 Å². The van der Waals surface area contributed by atoms with Crippen LogP contribution in [0.15, 0.2) is 71.6 Å². The molecule has 0 saturated heterocycles. The van der Waals surface area contributed by atoms with Crippen LogP contribution < -0.4 is 10.6 Å². The van der Waals surface area contributed by atoms with Crippen LogP contribution in [0, 0.1) is 13.8 Å². The van der Waals surface area contributed by atoms with Crippen LogP contribution in [-0.2, 0) is 10.1 Å². The van der Waals surface area contributed by atoms with E-state index in [1.54, 1.807) is 42.5 Å². The van der Waals surface area contributed by atoms with Gasteiger partial charge in [0.1, 0.15) is 4.90 Å². The summed E-state index contributed by atoms with van der Waals surface area (Å²) in [5.41, 5.74) is 3.69. The van der Waals surface area contributed by atoms with E-state index in [-0.39, 0.29) is 4.90 Å². The number of urea groups is 1. The van der Waals surface area contributed by atoms with Crippen LogP contribution in [0.3, 0.4) is 0 Å². The van der Waals surface area contributed by atoms with E-state index in [1.165, 1.54) is 6.07 Å². The molecule has 0 atom stereocenters. The quantitative estimate of drug-likeness (QED) is 0.549. The van der Waals surface area contributed by atoms with E-state index in [2.05, 4.69) is 10.6 Å². The van der Waals surface area contributed by atoms with Gasteiger partial charge >= 0.3 is 6.03 Å². The molecule has 0 saturated carbocycles. The molecule has 3 aromatic carbocycles. The SMILES string of the molecule is Cc1cccc(NC(=O)Nc2ccccc2-c2cc(C)ccc2S(=O)(=O)O)c1. The third kappa shape index (κ3) is 4.57. The first-order chi connectivity index (χ1) is 13.2. The highest BCUT2D eigenvalue weighted by Gasteiger charge is 2.19. The molecule has 0 aliphatic carbocycles. The first kappa shape index (κ1) is 19.6. The molecule has 0 radical (unpaired) electrons. The van der Waals surface area contributed by atoms with Crippen LogP contribution in [-0.4, -0.2) is 19.0 Å². The Labute approximate surface area is 164 Å². The summed E-state index contributed by atoms with van der Waals surface area (Å²) < 4.78 is 33.2. The van der Waals surface area contributed by atoms with Crippen molar-refractivity contribution >= 4 is 27.5 Å². The molecule has 3 rings (SSSR count). The number of aryl methyl sites for hydroxylation is 2. The van der Waals surface area contributed by atoms with Crippen molar-refractivity contribution in [3.8, 4) is 11.1 Å². The fraction of sp³-hybridized carbons (Fsp3) is 0.0952. The van der Waals surface area contributed by atoms with Gasteiger partial charge in [-0.15, -0.1) is 0 Å². The molecule has 0 aromatic heterocycles. The average Bonchev–Trinajstić information content (AvgIpc) is 2.61. The maximum absolute atomic E-state index is 12.4. The number of benzene rings is 3. The number of hydrogen-bond acceptors (Lipinski definition) is 3. The van der Waals surface area contributed by atoms with Gasteiger partial charge in [0, 0.05) is 16.8 Å². The van der Waals surface area contributed by atoms with Crippen LogP contribution >= 0.6 is 0 Å². The normalized spacial score (nSPS) is 11.1. The number of hydrogen-bond donors (Lipinski definition) is 3. The third-order valence-electron chi connectivity index (χ3n) is 4.15. The fourth-order valence-electron chi connectivity index (χ4n) is 2.91. The maximum atomic E-state index is 12.4. The van der Waals surface area contributed by atoms with E-state index in [4.69, 9.17) is 0 Å². The molecular weight excluding hydrogens is 376 g/mol. The van der Waals surface area contributed by atoms with Crippen molar-refractivity contribution in [3.05, 3.63) is 77.9 Å². The second-order valence-corrected chi connectivity index (χ2v) is 7.86. The van der Waals surface area contributed by atoms with Crippen molar-refractivity contribution in [2.45, 2.75) is 18.7 Å². The van der Waals surface area contributed by atoms with Crippen molar-refractivity contribution in [3.63, 3.8) is 0 Å². The Morgan fingerprint density at radius 2 is 1.54 bits per heavy atom. The van der Waals surface area contributed by atoms with Gasteiger partial charge in [-0.2, -0.15) is 8.42 Å². The van der Waals surface area contributed by atoms with Crippen molar-refractivity contribution in [2.75, 3.05) is 10.6 Å². The molecule has 0 spiro atoms. The van der Waals surface area contributed by atoms with Gasteiger partial charge in [0.15, 0.2) is 0 Å². The summed E-state index contributed by atoms with van der Waals surface area (Å²) in [4.78, 5) is 12.2. The molecule has 0 bridgehead atoms. The van der Waals surface area contributed by atoms with E-state index >= 15 is 0 Å². The molecule has 7 heteroatoms. The monoisotopic (exact) mass is 396 g/mol. The van der Waals surface area contributed by atoms with Gasteiger partial charge < -0.3 is 10.6 Å². The predicted molar refractivity (Wildman–Crippen MR) is 110 cm³/mol. The van der Waals surface area contributed by atoms with Crippen LogP contribution in [0.4, 0.5) is 16.2 Å². The summed E-state index contributed by atoms with van der Waals surface area (Å²) in [6, 6.07) is 18.3. The molecule has 0 heterocycles. The largest absolute Gasteiger partial charge is 0.323 e. The van der Waals surface area contributed by atoms with Crippen molar-refractivity contribution in [1.82, 2.24) is 0 Å². The Balaban J connectivity index is 1.97. The lowest BCUT2D eigenvalue weighted by atomic mass is 10.0. The Morgan fingerprint density at radius 1 is 0.821 bits per heavy atom. The predicted octanol–water partition coefficient (Wildman–Crippen LogP) is 4.86. The summed E-state index contributed by atoms with van der Waals surface area (Å²) in [6.07, 6.45) is 0. The lowest BCUT2D eigenvalue weighted by Gasteiger charge is -2.15. The van der Waals surface area contributed by atoms with Gasteiger partial charge in [-0.3, -0.25) is 4.55 Å². The Morgan fingerprint density at radius 3 is 2.25 bits per heavy atom. The van der Waals surface area contributed by atoms with E-state index in [9.17, 15) is 17.8 Å². The Hall–Kier alpha value is -3.16. The number of carbonyl (C=O) groups excluding carboxylic acids is 1. The van der Waals surface area contributed by atoms with Gasteiger partial charge in [-0.1, -0.05) is 42.0 Å². The third-order valence-corrected chi connectivity index (χ3v) is 5.07. The number of amides is 2. The number of rotatable bonds is 4. The summed E-state index contributed by atoms with van der Waals surface area (Å²) in [5, 5.41) is 5.50. The van der Waals surface area contributed by atoms with E-state index < -0.39 is 16.1 Å². The lowest BCUT2D eigenvalue weighted by Crippen LogP contribution is -2.20. The Bertz CT molecular complexity index is 1140. The number of para-hydroxylation sites is 1. The summed E-state index contributed by atoms with van der Waals surface area (Å²) >= 11 is 0. The highest BCUT2D eigenvalue weighted by Crippen LogP contribution is 2.33. The van der Waals surface area contributed by atoms with E-state index in [0.717, 1.165) is 11.1 Å². The standard InChI is InChI=1S/C21H20N2O4S/c1-14-6-5-7-16(12-14)22-21(24)23-19-9-4-3-8-17(19)18-13-15(2)10-11-20(18)28(25,26)27/h3-13H,1-2H3,(H2,22,23,24)(H,25,26,27). The zero-order valence-corrected chi connectivity index (χ0v) is 16.2. The Kier molecular flexibility index (Phi) is 5.48. The van der Waals surface area contributed by atoms with Crippen LogP contribution in [0.2, 0.25) is 0 Å². The molecule has 144 valence electrons. The average molecular weight is 396 g/mol. The van der Waals surface area contributed by atoms with Crippen LogP contribution in [0.5, 0.6) is 0 Å². The number of anilines is 2. The lowest BCUT2D eigenvalue weighted by molar-refractivity contribution is 0.262. The van der Waals surface area contributed by atoms with Gasteiger partial charge in [0.25, 0.3) is 10.1 Å². The molecule has 3 aromatic rings. The molecule has 0 aliphatic heterocycles. The topological polar surface area (TPSA) is 95.5 Å². The fourth-order valence-corrected chi connectivity index (χ4v) is 3.60. The van der Waals surface area contributed by atoms with Crippen LogP contribution in [0.1, 0.15) is 11.1 Å². The molecule has 3 N–H and O–H groups in total. The minimum atomic E-state index is -4.43. The summed E-state index contributed by atoms with van der Waals surface area (Å²) in [5.74, 6) is 0. The van der Waals surface area contributed by atoms with Crippen molar-refractivity contribution in [2.24, 2.45) is 0 Å². The van der Waals surface area contributed by atoms with E-state index in [1.807, 2.05) is 32.0 Å². The number of carbonyl (C=O) groups is 1. The second-order valence-electron chi connectivity index (χ2n) is 6.47. The summed E-state index contributed by atoms with van der Waals surface area (Å²) in [7, 11) is -4.43. The molecule has 0 unspecified atom stereocenters. The zero-order chi connectivity index (χ0) is 20.3.